The van der Waals surface area contributed by atoms with Crippen LogP contribution in [0.15, 0.2) is 47.6 Å². The largest absolute Gasteiger partial charge is 0.492 e. The maximum absolute atomic E-state index is 13.2. The SMILES string of the molecule is CC(C)CCOc1cncc(CNC(=O)C2CCCN2S(=O)(=O)c2ccc(F)cc2)c1. The molecule has 1 saturated heterocycles. The fourth-order valence-corrected chi connectivity index (χ4v) is 5.05. The summed E-state index contributed by atoms with van der Waals surface area (Å²) >= 11 is 0. The molecule has 1 aromatic carbocycles. The van der Waals surface area contributed by atoms with Crippen molar-refractivity contribution >= 4 is 15.9 Å². The highest BCUT2D eigenvalue weighted by atomic mass is 32.2. The van der Waals surface area contributed by atoms with Gasteiger partial charge in [0.2, 0.25) is 15.9 Å². The molecule has 9 heteroatoms. The zero-order valence-electron chi connectivity index (χ0n) is 17.8. The molecule has 168 valence electrons. The standard InChI is InChI=1S/C22H28FN3O4S/c1-16(2)9-11-30-19-12-17(13-24-15-19)14-25-22(27)21-4-3-10-26(21)31(28,29)20-7-5-18(23)6-8-20/h5-8,12-13,15-16,21H,3-4,9-11,14H2,1-2H3,(H,25,27). The topological polar surface area (TPSA) is 88.6 Å². The number of nitrogens with zero attached hydrogens (tertiary/aromatic N) is 2. The van der Waals surface area contributed by atoms with Gasteiger partial charge in [0.25, 0.3) is 0 Å². The summed E-state index contributed by atoms with van der Waals surface area (Å²) < 4.78 is 45.9. The van der Waals surface area contributed by atoms with Crippen LogP contribution in [-0.4, -0.2) is 42.8 Å². The third-order valence-electron chi connectivity index (χ3n) is 5.13. The molecule has 1 N–H and O–H groups in total. The Morgan fingerprint density at radius 3 is 2.74 bits per heavy atom. The van der Waals surface area contributed by atoms with Crippen LogP contribution in [0, 0.1) is 11.7 Å². The van der Waals surface area contributed by atoms with Crippen LogP contribution in [0.1, 0.15) is 38.7 Å². The number of benzene rings is 1. The van der Waals surface area contributed by atoms with E-state index in [9.17, 15) is 17.6 Å². The van der Waals surface area contributed by atoms with Crippen LogP contribution in [-0.2, 0) is 21.4 Å². The lowest BCUT2D eigenvalue weighted by atomic mass is 10.1. The highest BCUT2D eigenvalue weighted by Gasteiger charge is 2.39. The average molecular weight is 450 g/mol. The summed E-state index contributed by atoms with van der Waals surface area (Å²) in [6, 6.07) is 5.65. The molecule has 7 nitrogen and oxygen atoms in total. The molecular formula is C22H28FN3O4S. The van der Waals surface area contributed by atoms with E-state index < -0.39 is 21.9 Å². The number of hydrogen-bond donors (Lipinski definition) is 1. The van der Waals surface area contributed by atoms with E-state index in [2.05, 4.69) is 24.1 Å². The van der Waals surface area contributed by atoms with E-state index in [-0.39, 0.29) is 23.9 Å². The summed E-state index contributed by atoms with van der Waals surface area (Å²) in [4.78, 5) is 16.9. The summed E-state index contributed by atoms with van der Waals surface area (Å²) in [5, 5.41) is 2.80. The van der Waals surface area contributed by atoms with E-state index in [1.807, 2.05) is 6.07 Å². The van der Waals surface area contributed by atoms with E-state index in [1.165, 1.54) is 16.4 Å². The van der Waals surface area contributed by atoms with Gasteiger partial charge in [0.15, 0.2) is 0 Å². The van der Waals surface area contributed by atoms with Gasteiger partial charge in [0, 0.05) is 19.3 Å². The van der Waals surface area contributed by atoms with Gasteiger partial charge in [-0.2, -0.15) is 4.31 Å². The molecule has 0 saturated carbocycles. The highest BCUT2D eigenvalue weighted by molar-refractivity contribution is 7.89. The molecule has 2 aromatic rings. The Hall–Kier alpha value is -2.52. The third kappa shape index (κ3) is 6.01. The van der Waals surface area contributed by atoms with Crippen LogP contribution >= 0.6 is 0 Å². The third-order valence-corrected chi connectivity index (χ3v) is 7.05. The Morgan fingerprint density at radius 2 is 2.03 bits per heavy atom. The Kier molecular flexibility index (Phi) is 7.61. The van der Waals surface area contributed by atoms with Crippen molar-refractivity contribution in [3.63, 3.8) is 0 Å². The van der Waals surface area contributed by atoms with Crippen molar-refractivity contribution in [2.75, 3.05) is 13.2 Å². The lowest BCUT2D eigenvalue weighted by Crippen LogP contribution is -2.45. The summed E-state index contributed by atoms with van der Waals surface area (Å²) in [6.45, 7) is 5.30. The van der Waals surface area contributed by atoms with Gasteiger partial charge in [0.1, 0.15) is 17.6 Å². The first-order valence-electron chi connectivity index (χ1n) is 10.4. The molecule has 1 atom stereocenters. The fraction of sp³-hybridized carbons (Fsp3) is 0.455. The predicted octanol–water partition coefficient (Wildman–Crippen LogP) is 3.12. The number of carbonyl (C=O) groups excluding carboxylic acids is 1. The maximum atomic E-state index is 13.2. The van der Waals surface area contributed by atoms with Gasteiger partial charge in [-0.25, -0.2) is 12.8 Å². The Balaban J connectivity index is 1.62. The summed E-state index contributed by atoms with van der Waals surface area (Å²) in [5.41, 5.74) is 0.765. The van der Waals surface area contributed by atoms with Crippen molar-refractivity contribution in [2.45, 2.75) is 50.6 Å². The first kappa shape index (κ1) is 23.1. The highest BCUT2D eigenvalue weighted by Crippen LogP contribution is 2.26. The van der Waals surface area contributed by atoms with Gasteiger partial charge in [-0.3, -0.25) is 9.78 Å². The summed E-state index contributed by atoms with van der Waals surface area (Å²) in [7, 11) is -3.88. The number of pyridine rings is 1. The number of nitrogens with one attached hydrogen (secondary N) is 1. The number of amides is 1. The number of rotatable bonds is 9. The quantitative estimate of drug-likeness (QED) is 0.636. The van der Waals surface area contributed by atoms with Crippen LogP contribution < -0.4 is 10.1 Å². The van der Waals surface area contributed by atoms with Crippen molar-refractivity contribution in [3.8, 4) is 5.75 Å². The van der Waals surface area contributed by atoms with Gasteiger partial charge in [-0.15, -0.1) is 0 Å². The molecule has 1 unspecified atom stereocenters. The minimum absolute atomic E-state index is 0.0240. The fourth-order valence-electron chi connectivity index (χ4n) is 3.39. The van der Waals surface area contributed by atoms with Crippen LogP contribution in [0.3, 0.4) is 0 Å². The molecule has 1 aromatic heterocycles. The maximum Gasteiger partial charge on any atom is 0.243 e. The zero-order valence-corrected chi connectivity index (χ0v) is 18.6. The van der Waals surface area contributed by atoms with Gasteiger partial charge in [-0.1, -0.05) is 13.8 Å². The lowest BCUT2D eigenvalue weighted by Gasteiger charge is -2.23. The first-order chi connectivity index (χ1) is 14.8. The number of carbonyl (C=O) groups is 1. The Bertz CT molecular complexity index is 996. The normalized spacial score (nSPS) is 17.1. The molecule has 0 spiro atoms. The van der Waals surface area contributed by atoms with Crippen molar-refractivity contribution < 1.29 is 22.3 Å². The smallest absolute Gasteiger partial charge is 0.243 e. The molecule has 0 bridgehead atoms. The van der Waals surface area contributed by atoms with Gasteiger partial charge >= 0.3 is 0 Å². The minimum Gasteiger partial charge on any atom is -0.492 e. The number of halogens is 1. The second-order valence-electron chi connectivity index (χ2n) is 8.01. The summed E-state index contributed by atoms with van der Waals surface area (Å²) in [5.74, 6) is 0.290. The van der Waals surface area contributed by atoms with Crippen molar-refractivity contribution in [2.24, 2.45) is 5.92 Å². The first-order valence-corrected chi connectivity index (χ1v) is 11.8. The van der Waals surface area contributed by atoms with Crippen molar-refractivity contribution in [3.05, 3.63) is 54.1 Å². The minimum atomic E-state index is -3.88. The van der Waals surface area contributed by atoms with Crippen LogP contribution in [0.5, 0.6) is 5.75 Å². The number of hydrogen-bond acceptors (Lipinski definition) is 5. The average Bonchev–Trinajstić information content (AvgIpc) is 3.23. The van der Waals surface area contributed by atoms with Crippen molar-refractivity contribution in [1.29, 1.82) is 0 Å². The van der Waals surface area contributed by atoms with E-state index in [1.54, 1.807) is 12.4 Å². The van der Waals surface area contributed by atoms with Gasteiger partial charge < -0.3 is 10.1 Å². The van der Waals surface area contributed by atoms with E-state index >= 15 is 0 Å². The number of ether oxygens (including phenoxy) is 1. The molecule has 0 aliphatic carbocycles. The molecule has 3 rings (SSSR count). The van der Waals surface area contributed by atoms with Gasteiger partial charge in [0.05, 0.1) is 17.7 Å². The van der Waals surface area contributed by atoms with E-state index in [0.717, 1.165) is 24.1 Å². The van der Waals surface area contributed by atoms with Crippen LogP contribution in [0.2, 0.25) is 0 Å². The molecule has 31 heavy (non-hydrogen) atoms. The molecule has 1 aliphatic heterocycles. The zero-order chi connectivity index (χ0) is 22.4. The van der Waals surface area contributed by atoms with Gasteiger partial charge in [-0.05, 0) is 61.1 Å². The molecule has 1 fully saturated rings. The second kappa shape index (κ2) is 10.2. The van der Waals surface area contributed by atoms with E-state index in [4.69, 9.17) is 4.74 Å². The molecule has 1 aliphatic rings. The summed E-state index contributed by atoms with van der Waals surface area (Å²) in [6.07, 6.45) is 5.21. The molecule has 2 heterocycles. The molecule has 1 amide bonds. The second-order valence-corrected chi connectivity index (χ2v) is 9.90. The molecule has 0 radical (unpaired) electrons. The van der Waals surface area contributed by atoms with Crippen molar-refractivity contribution in [1.82, 2.24) is 14.6 Å². The van der Waals surface area contributed by atoms with E-state index in [0.29, 0.717) is 31.1 Å². The monoisotopic (exact) mass is 449 g/mol. The Labute approximate surface area is 182 Å². The van der Waals surface area contributed by atoms with Crippen LogP contribution in [0.4, 0.5) is 4.39 Å². The Morgan fingerprint density at radius 1 is 1.29 bits per heavy atom. The number of aromatic nitrogens is 1. The lowest BCUT2D eigenvalue weighted by molar-refractivity contribution is -0.124. The molecular weight excluding hydrogens is 421 g/mol. The van der Waals surface area contributed by atoms with Crippen LogP contribution in [0.25, 0.3) is 0 Å². The predicted molar refractivity (Wildman–Crippen MR) is 114 cm³/mol. The number of sulfonamides is 1.